The highest BCUT2D eigenvalue weighted by Gasteiger charge is 2.14. The van der Waals surface area contributed by atoms with Gasteiger partial charge in [0.2, 0.25) is 10.0 Å². The van der Waals surface area contributed by atoms with Crippen molar-refractivity contribution in [2.75, 3.05) is 39.6 Å². The van der Waals surface area contributed by atoms with E-state index in [0.29, 0.717) is 30.0 Å². The van der Waals surface area contributed by atoms with Gasteiger partial charge in [0.05, 0.1) is 12.0 Å². The molecule has 0 aliphatic carbocycles. The van der Waals surface area contributed by atoms with Crippen LogP contribution < -0.4 is 14.8 Å². The van der Waals surface area contributed by atoms with E-state index in [4.69, 9.17) is 4.74 Å². The molecule has 0 fully saturated rings. The van der Waals surface area contributed by atoms with Crippen LogP contribution in [-0.2, 0) is 10.0 Å². The first-order valence-corrected chi connectivity index (χ1v) is 10.00. The van der Waals surface area contributed by atoms with Crippen LogP contribution in [0.2, 0.25) is 0 Å². The molecule has 2 aromatic rings. The Balaban J connectivity index is 1.97. The number of hydrogen-bond acceptors (Lipinski definition) is 5. The molecule has 0 aromatic heterocycles. The minimum absolute atomic E-state index is 0.133. The van der Waals surface area contributed by atoms with Crippen molar-refractivity contribution in [3.63, 3.8) is 0 Å². The maximum absolute atomic E-state index is 12.3. The second-order valence-corrected chi connectivity index (χ2v) is 8.03. The number of methoxy groups -OCH3 is 1. The number of nitrogens with one attached hydrogen (secondary N) is 2. The summed E-state index contributed by atoms with van der Waals surface area (Å²) in [6, 6.07) is 12.8. The smallest absolute Gasteiger partial charge is 0.255 e. The molecule has 0 heterocycles. The van der Waals surface area contributed by atoms with Gasteiger partial charge in [0.25, 0.3) is 5.91 Å². The van der Waals surface area contributed by atoms with Gasteiger partial charge < -0.3 is 15.0 Å². The SMILES string of the molecule is COc1ccc(NC(=O)c2ccc(S(=O)(=O)NCCCN(C)C)cc2)cc1. The first-order chi connectivity index (χ1) is 12.8. The average Bonchev–Trinajstić information content (AvgIpc) is 2.66. The first kappa shape index (κ1) is 20.9. The number of hydrogen-bond donors (Lipinski definition) is 2. The van der Waals surface area contributed by atoms with Crippen LogP contribution in [0.15, 0.2) is 53.4 Å². The Morgan fingerprint density at radius 2 is 1.67 bits per heavy atom. The summed E-state index contributed by atoms with van der Waals surface area (Å²) in [5, 5.41) is 2.76. The molecule has 0 saturated heterocycles. The van der Waals surface area contributed by atoms with Crippen LogP contribution in [0.1, 0.15) is 16.8 Å². The largest absolute Gasteiger partial charge is 0.497 e. The summed E-state index contributed by atoms with van der Waals surface area (Å²) in [6.45, 7) is 1.16. The molecule has 0 aliphatic rings. The van der Waals surface area contributed by atoms with Crippen LogP contribution in [0.5, 0.6) is 5.75 Å². The predicted octanol–water partition coefficient (Wildman–Crippen LogP) is 2.18. The molecule has 0 saturated carbocycles. The Bertz CT molecular complexity index is 848. The molecule has 7 nitrogen and oxygen atoms in total. The summed E-state index contributed by atoms with van der Waals surface area (Å²) in [7, 11) is 1.86. The van der Waals surface area contributed by atoms with Crippen LogP contribution in [0, 0.1) is 0 Å². The Morgan fingerprint density at radius 1 is 1.04 bits per heavy atom. The quantitative estimate of drug-likeness (QED) is 0.640. The molecule has 0 bridgehead atoms. The highest BCUT2D eigenvalue weighted by Crippen LogP contribution is 2.17. The fourth-order valence-corrected chi connectivity index (χ4v) is 3.42. The van der Waals surface area contributed by atoms with Crippen molar-refractivity contribution in [1.29, 1.82) is 0 Å². The van der Waals surface area contributed by atoms with Crippen LogP contribution >= 0.6 is 0 Å². The normalized spacial score (nSPS) is 11.4. The number of rotatable bonds is 9. The summed E-state index contributed by atoms with van der Waals surface area (Å²) in [6.07, 6.45) is 0.717. The van der Waals surface area contributed by atoms with E-state index in [-0.39, 0.29) is 10.8 Å². The molecule has 0 spiro atoms. The second kappa shape index (κ2) is 9.50. The lowest BCUT2D eigenvalue weighted by Gasteiger charge is -2.11. The number of anilines is 1. The van der Waals surface area contributed by atoms with E-state index < -0.39 is 10.0 Å². The lowest BCUT2D eigenvalue weighted by molar-refractivity contribution is 0.102. The van der Waals surface area contributed by atoms with E-state index in [1.807, 2.05) is 19.0 Å². The van der Waals surface area contributed by atoms with Gasteiger partial charge in [-0.15, -0.1) is 0 Å². The Labute approximate surface area is 160 Å². The zero-order chi connectivity index (χ0) is 19.9. The summed E-state index contributed by atoms with van der Waals surface area (Å²) >= 11 is 0. The van der Waals surface area contributed by atoms with Gasteiger partial charge in [-0.05, 0) is 75.6 Å². The van der Waals surface area contributed by atoms with Gasteiger partial charge in [0.1, 0.15) is 5.75 Å². The number of benzene rings is 2. The number of ether oxygens (including phenoxy) is 1. The molecule has 0 atom stereocenters. The Morgan fingerprint density at radius 3 is 2.22 bits per heavy atom. The summed E-state index contributed by atoms with van der Waals surface area (Å²) in [5.41, 5.74) is 0.998. The molecule has 0 radical (unpaired) electrons. The molecule has 2 aromatic carbocycles. The first-order valence-electron chi connectivity index (χ1n) is 8.52. The molecule has 146 valence electrons. The van der Waals surface area contributed by atoms with Crippen molar-refractivity contribution in [1.82, 2.24) is 9.62 Å². The maximum Gasteiger partial charge on any atom is 0.255 e. The third kappa shape index (κ3) is 6.35. The average molecular weight is 391 g/mol. The summed E-state index contributed by atoms with van der Waals surface area (Å²) < 4.78 is 32.2. The van der Waals surface area contributed by atoms with E-state index in [9.17, 15) is 13.2 Å². The molecule has 0 unspecified atom stereocenters. The highest BCUT2D eigenvalue weighted by molar-refractivity contribution is 7.89. The van der Waals surface area contributed by atoms with Crippen LogP contribution in [0.4, 0.5) is 5.69 Å². The van der Waals surface area contributed by atoms with Crippen molar-refractivity contribution in [2.45, 2.75) is 11.3 Å². The summed E-state index contributed by atoms with van der Waals surface area (Å²) in [4.78, 5) is 14.4. The van der Waals surface area contributed by atoms with Crippen molar-refractivity contribution in [3.8, 4) is 5.75 Å². The van der Waals surface area contributed by atoms with Crippen LogP contribution in [0.3, 0.4) is 0 Å². The molecule has 1 amide bonds. The third-order valence-electron chi connectivity index (χ3n) is 3.85. The zero-order valence-electron chi connectivity index (χ0n) is 15.7. The number of amides is 1. The Kier molecular flexibility index (Phi) is 7.35. The number of sulfonamides is 1. The van der Waals surface area contributed by atoms with Gasteiger partial charge in [0, 0.05) is 17.8 Å². The number of carbonyl (C=O) groups is 1. The van der Waals surface area contributed by atoms with Gasteiger partial charge >= 0.3 is 0 Å². The van der Waals surface area contributed by atoms with Gasteiger partial charge in [-0.2, -0.15) is 0 Å². The van der Waals surface area contributed by atoms with Crippen molar-refractivity contribution < 1.29 is 17.9 Å². The number of nitrogens with zero attached hydrogens (tertiary/aromatic N) is 1. The van der Waals surface area contributed by atoms with Crippen LogP contribution in [-0.4, -0.2) is 53.5 Å². The van der Waals surface area contributed by atoms with Crippen molar-refractivity contribution in [3.05, 3.63) is 54.1 Å². The van der Waals surface area contributed by atoms with Crippen molar-refractivity contribution >= 4 is 21.6 Å². The Hall–Kier alpha value is -2.42. The zero-order valence-corrected chi connectivity index (χ0v) is 16.5. The van der Waals surface area contributed by atoms with E-state index in [1.54, 1.807) is 31.4 Å². The molecule has 2 rings (SSSR count). The van der Waals surface area contributed by atoms with E-state index in [1.165, 1.54) is 24.3 Å². The summed E-state index contributed by atoms with van der Waals surface area (Å²) in [5.74, 6) is 0.378. The van der Waals surface area contributed by atoms with E-state index in [0.717, 1.165) is 6.54 Å². The minimum Gasteiger partial charge on any atom is -0.497 e. The lowest BCUT2D eigenvalue weighted by atomic mass is 10.2. The topological polar surface area (TPSA) is 87.7 Å². The van der Waals surface area contributed by atoms with Gasteiger partial charge in [-0.1, -0.05) is 0 Å². The molecule has 2 N–H and O–H groups in total. The molecule has 8 heteroatoms. The second-order valence-electron chi connectivity index (χ2n) is 6.26. The fraction of sp³-hybridized carbons (Fsp3) is 0.316. The minimum atomic E-state index is -3.58. The van der Waals surface area contributed by atoms with E-state index in [2.05, 4.69) is 10.0 Å². The van der Waals surface area contributed by atoms with Gasteiger partial charge in [-0.3, -0.25) is 4.79 Å². The third-order valence-corrected chi connectivity index (χ3v) is 5.33. The monoisotopic (exact) mass is 391 g/mol. The van der Waals surface area contributed by atoms with Crippen LogP contribution in [0.25, 0.3) is 0 Å². The van der Waals surface area contributed by atoms with Crippen molar-refractivity contribution in [2.24, 2.45) is 0 Å². The van der Waals surface area contributed by atoms with Gasteiger partial charge in [0.15, 0.2) is 0 Å². The predicted molar refractivity (Wildman–Crippen MR) is 106 cm³/mol. The maximum atomic E-state index is 12.3. The molecular weight excluding hydrogens is 366 g/mol. The highest BCUT2D eigenvalue weighted by atomic mass is 32.2. The standard InChI is InChI=1S/C19H25N3O4S/c1-22(2)14-4-13-20-27(24,25)18-11-5-15(6-12-18)19(23)21-16-7-9-17(26-3)10-8-16/h5-12,20H,4,13-14H2,1-3H3,(H,21,23). The lowest BCUT2D eigenvalue weighted by Crippen LogP contribution is -2.27. The van der Waals surface area contributed by atoms with E-state index >= 15 is 0 Å². The molecule has 0 aliphatic heterocycles. The van der Waals surface area contributed by atoms with Gasteiger partial charge in [-0.25, -0.2) is 13.1 Å². The molecular formula is C19H25N3O4S. The fourth-order valence-electron chi connectivity index (χ4n) is 2.35. The number of carbonyl (C=O) groups excluding carboxylic acids is 1. The molecule has 27 heavy (non-hydrogen) atoms.